The van der Waals surface area contributed by atoms with Crippen LogP contribution in [0.5, 0.6) is 0 Å². The molecule has 0 saturated heterocycles. The number of halogens is 3. The molecule has 0 nitrogen and oxygen atoms in total. The van der Waals surface area contributed by atoms with Crippen molar-refractivity contribution in [3.05, 3.63) is 71.0 Å². The van der Waals surface area contributed by atoms with Gasteiger partial charge in [-0.1, -0.05) is 49.4 Å². The van der Waals surface area contributed by atoms with Gasteiger partial charge >= 0.3 is 0 Å². The van der Waals surface area contributed by atoms with Gasteiger partial charge in [0.05, 0.1) is 0 Å². The number of rotatable bonds is 6. The molecule has 0 unspecified atom stereocenters. The third kappa shape index (κ3) is 3.59. The van der Waals surface area contributed by atoms with Crippen molar-refractivity contribution in [3.8, 4) is 0 Å². The van der Waals surface area contributed by atoms with E-state index in [0.29, 0.717) is 12.0 Å². The van der Waals surface area contributed by atoms with Crippen LogP contribution < -0.4 is 0 Å². The van der Waals surface area contributed by atoms with E-state index >= 15 is 0 Å². The molecule has 3 heteroatoms. The molecular formula is C18H19Cl2F. The van der Waals surface area contributed by atoms with Crippen LogP contribution in [0.15, 0.2) is 48.5 Å². The largest absolute Gasteiger partial charge is 0.207 e. The van der Waals surface area contributed by atoms with Crippen LogP contribution >= 0.6 is 23.2 Å². The Balaban J connectivity index is 2.36. The van der Waals surface area contributed by atoms with Gasteiger partial charge in [-0.25, -0.2) is 4.39 Å². The van der Waals surface area contributed by atoms with Gasteiger partial charge in [0.15, 0.2) is 0 Å². The zero-order valence-corrected chi connectivity index (χ0v) is 13.6. The molecule has 0 radical (unpaired) electrons. The van der Waals surface area contributed by atoms with Crippen LogP contribution in [-0.4, -0.2) is 11.8 Å². The molecule has 0 aromatic heterocycles. The molecule has 0 aliphatic carbocycles. The van der Waals surface area contributed by atoms with E-state index in [1.54, 1.807) is 12.1 Å². The van der Waals surface area contributed by atoms with E-state index in [1.807, 2.05) is 6.07 Å². The highest BCUT2D eigenvalue weighted by atomic mass is 35.5. The summed E-state index contributed by atoms with van der Waals surface area (Å²) in [6.45, 7) is 2.12. The Labute approximate surface area is 135 Å². The van der Waals surface area contributed by atoms with Crippen LogP contribution in [0.2, 0.25) is 0 Å². The summed E-state index contributed by atoms with van der Waals surface area (Å²) < 4.78 is 14.2. The Hall–Kier alpha value is -1.05. The molecule has 0 fully saturated rings. The summed E-state index contributed by atoms with van der Waals surface area (Å²) in [5.74, 6) is 0.323. The molecular weight excluding hydrogens is 306 g/mol. The molecule has 0 N–H and O–H groups in total. The summed E-state index contributed by atoms with van der Waals surface area (Å²) in [6, 6.07) is 15.1. The Kier molecular flexibility index (Phi) is 5.66. The monoisotopic (exact) mass is 324 g/mol. The molecule has 0 aliphatic rings. The minimum atomic E-state index is -0.581. The number of aryl methyl sites for hydroxylation is 1. The first-order chi connectivity index (χ1) is 10.1. The molecule has 0 spiro atoms. The molecule has 21 heavy (non-hydrogen) atoms. The molecule has 112 valence electrons. The molecule has 0 heterocycles. The first-order valence-electron chi connectivity index (χ1n) is 7.10. The van der Waals surface area contributed by atoms with E-state index in [9.17, 15) is 4.39 Å². The predicted octanol–water partition coefficient (Wildman–Crippen LogP) is 5.35. The minimum absolute atomic E-state index is 0.246. The molecule has 0 atom stereocenters. The van der Waals surface area contributed by atoms with Gasteiger partial charge < -0.3 is 0 Å². The summed E-state index contributed by atoms with van der Waals surface area (Å²) >= 11 is 12.4. The maximum atomic E-state index is 14.2. The second kappa shape index (κ2) is 7.29. The fraction of sp³-hybridized carbons (Fsp3) is 0.333. The van der Waals surface area contributed by atoms with Crippen molar-refractivity contribution in [2.24, 2.45) is 0 Å². The molecule has 0 aliphatic heterocycles. The first-order valence-corrected chi connectivity index (χ1v) is 8.17. The van der Waals surface area contributed by atoms with Gasteiger partial charge in [-0.2, -0.15) is 0 Å². The maximum absolute atomic E-state index is 14.2. The lowest BCUT2D eigenvalue weighted by Crippen LogP contribution is -2.34. The molecule has 0 amide bonds. The standard InChI is InChI=1S/C18H19Cl2F/c1-2-14-7-9-15(10-8-14)11-18(12-19,13-20)16-5-3-4-6-17(16)21/h3-10H,2,11-13H2,1H3. The van der Waals surface area contributed by atoms with Crippen molar-refractivity contribution in [2.75, 3.05) is 11.8 Å². The number of hydrogen-bond donors (Lipinski definition) is 0. The van der Waals surface area contributed by atoms with Gasteiger partial charge in [-0.3, -0.25) is 0 Å². The van der Waals surface area contributed by atoms with E-state index < -0.39 is 5.41 Å². The summed E-state index contributed by atoms with van der Waals surface area (Å²) in [5, 5.41) is 0. The topological polar surface area (TPSA) is 0 Å². The van der Waals surface area contributed by atoms with Crippen molar-refractivity contribution in [2.45, 2.75) is 25.2 Å². The third-order valence-electron chi connectivity index (χ3n) is 3.93. The van der Waals surface area contributed by atoms with E-state index in [-0.39, 0.29) is 17.6 Å². The van der Waals surface area contributed by atoms with Crippen LogP contribution in [0.3, 0.4) is 0 Å². The number of benzene rings is 2. The smallest absolute Gasteiger partial charge is 0.127 e. The summed E-state index contributed by atoms with van der Waals surface area (Å²) in [4.78, 5) is 0. The van der Waals surface area contributed by atoms with Crippen molar-refractivity contribution < 1.29 is 4.39 Å². The highest BCUT2D eigenvalue weighted by Gasteiger charge is 2.33. The molecule has 2 aromatic rings. The van der Waals surface area contributed by atoms with Gasteiger partial charge in [0.2, 0.25) is 0 Å². The average Bonchev–Trinajstić information content (AvgIpc) is 2.54. The highest BCUT2D eigenvalue weighted by molar-refractivity contribution is 6.22. The zero-order chi connectivity index (χ0) is 15.3. The van der Waals surface area contributed by atoms with Gasteiger partial charge in [0.1, 0.15) is 5.82 Å². The van der Waals surface area contributed by atoms with Crippen LogP contribution in [0.1, 0.15) is 23.6 Å². The maximum Gasteiger partial charge on any atom is 0.127 e. The minimum Gasteiger partial charge on any atom is -0.207 e. The van der Waals surface area contributed by atoms with E-state index in [4.69, 9.17) is 23.2 Å². The Morgan fingerprint density at radius 3 is 2.00 bits per heavy atom. The fourth-order valence-corrected chi connectivity index (χ4v) is 3.31. The predicted molar refractivity (Wildman–Crippen MR) is 89.0 cm³/mol. The van der Waals surface area contributed by atoms with Gasteiger partial charge in [-0.15, -0.1) is 23.2 Å². The van der Waals surface area contributed by atoms with Gasteiger partial charge in [0, 0.05) is 17.2 Å². The number of alkyl halides is 2. The van der Waals surface area contributed by atoms with Crippen LogP contribution in [0.25, 0.3) is 0 Å². The summed E-state index contributed by atoms with van der Waals surface area (Å²) in [6.07, 6.45) is 1.63. The summed E-state index contributed by atoms with van der Waals surface area (Å²) in [5.41, 5.74) is 2.42. The lowest BCUT2D eigenvalue weighted by Gasteiger charge is -2.31. The first kappa shape index (κ1) is 16.3. The molecule has 2 rings (SSSR count). The van der Waals surface area contributed by atoms with Crippen molar-refractivity contribution in [1.29, 1.82) is 0 Å². The highest BCUT2D eigenvalue weighted by Crippen LogP contribution is 2.33. The zero-order valence-electron chi connectivity index (χ0n) is 12.1. The second-order valence-corrected chi connectivity index (χ2v) is 5.91. The average molecular weight is 325 g/mol. The number of hydrogen-bond acceptors (Lipinski definition) is 0. The molecule has 0 bridgehead atoms. The van der Waals surface area contributed by atoms with Crippen molar-refractivity contribution in [3.63, 3.8) is 0 Å². The van der Waals surface area contributed by atoms with Crippen molar-refractivity contribution in [1.82, 2.24) is 0 Å². The second-order valence-electron chi connectivity index (χ2n) is 5.37. The van der Waals surface area contributed by atoms with Crippen LogP contribution in [0, 0.1) is 5.82 Å². The van der Waals surface area contributed by atoms with E-state index in [2.05, 4.69) is 31.2 Å². The Morgan fingerprint density at radius 2 is 1.48 bits per heavy atom. The van der Waals surface area contributed by atoms with Gasteiger partial charge in [-0.05, 0) is 35.6 Å². The fourth-order valence-electron chi connectivity index (χ4n) is 2.54. The van der Waals surface area contributed by atoms with Gasteiger partial charge in [0.25, 0.3) is 0 Å². The Morgan fingerprint density at radius 1 is 0.905 bits per heavy atom. The van der Waals surface area contributed by atoms with Crippen LogP contribution in [-0.2, 0) is 18.3 Å². The lowest BCUT2D eigenvalue weighted by molar-refractivity contribution is 0.491. The SMILES string of the molecule is CCc1ccc(CC(CCl)(CCl)c2ccccc2F)cc1. The third-order valence-corrected chi connectivity index (χ3v) is 4.95. The normalized spacial score (nSPS) is 11.6. The quantitative estimate of drug-likeness (QED) is 0.628. The molecule has 2 aromatic carbocycles. The van der Waals surface area contributed by atoms with E-state index in [0.717, 1.165) is 12.0 Å². The van der Waals surface area contributed by atoms with Crippen molar-refractivity contribution >= 4 is 23.2 Å². The lowest BCUT2D eigenvalue weighted by atomic mass is 9.78. The van der Waals surface area contributed by atoms with Crippen LogP contribution in [0.4, 0.5) is 4.39 Å². The molecule has 0 saturated carbocycles. The Bertz CT molecular complexity index is 574. The summed E-state index contributed by atoms with van der Waals surface area (Å²) in [7, 11) is 0. The van der Waals surface area contributed by atoms with E-state index in [1.165, 1.54) is 11.6 Å².